The van der Waals surface area contributed by atoms with E-state index in [2.05, 4.69) is 31.0 Å². The summed E-state index contributed by atoms with van der Waals surface area (Å²) in [6.07, 6.45) is 10.1. The molecule has 0 aromatic carbocycles. The van der Waals surface area contributed by atoms with Crippen LogP contribution in [0.4, 0.5) is 0 Å². The average Bonchev–Trinajstić information content (AvgIpc) is 2.46. The number of piperidine rings is 1. The lowest BCUT2D eigenvalue weighted by atomic mass is 9.76. The van der Waals surface area contributed by atoms with Crippen LogP contribution < -0.4 is 5.32 Å². The van der Waals surface area contributed by atoms with Crippen molar-refractivity contribution in [1.82, 2.24) is 10.2 Å². The Morgan fingerprint density at radius 2 is 1.84 bits per heavy atom. The van der Waals surface area contributed by atoms with E-state index < -0.39 is 0 Å². The summed E-state index contributed by atoms with van der Waals surface area (Å²) in [5.74, 6) is 1.02. The number of nitrogens with one attached hydrogen (secondary N) is 1. The first-order chi connectivity index (χ1) is 9.18. The predicted molar refractivity (Wildman–Crippen MR) is 83.5 cm³/mol. The third kappa shape index (κ3) is 3.95. The molecule has 2 nitrogen and oxygen atoms in total. The van der Waals surface area contributed by atoms with Crippen LogP contribution in [0.3, 0.4) is 0 Å². The minimum Gasteiger partial charge on any atom is -0.316 e. The van der Waals surface area contributed by atoms with Crippen LogP contribution >= 0.6 is 0 Å². The summed E-state index contributed by atoms with van der Waals surface area (Å²) in [6, 6.07) is 0.912. The van der Waals surface area contributed by atoms with Gasteiger partial charge in [0.1, 0.15) is 0 Å². The third-order valence-corrected chi connectivity index (χ3v) is 5.60. The first-order valence-corrected chi connectivity index (χ1v) is 8.63. The maximum absolute atomic E-state index is 3.57. The smallest absolute Gasteiger partial charge is 0.0124 e. The van der Waals surface area contributed by atoms with Crippen LogP contribution in [0.15, 0.2) is 0 Å². The Kier molecular flexibility index (Phi) is 5.70. The molecule has 2 rings (SSSR count). The molecule has 0 radical (unpaired) electrons. The lowest BCUT2D eigenvalue weighted by Crippen LogP contribution is -2.52. The van der Waals surface area contributed by atoms with Gasteiger partial charge in [-0.15, -0.1) is 0 Å². The van der Waals surface area contributed by atoms with Crippen LogP contribution in [0.25, 0.3) is 0 Å². The second-order valence-electron chi connectivity index (χ2n) is 7.17. The van der Waals surface area contributed by atoms with Crippen LogP contribution in [0.2, 0.25) is 0 Å². The van der Waals surface area contributed by atoms with E-state index in [1.807, 2.05) is 0 Å². The van der Waals surface area contributed by atoms with Gasteiger partial charge >= 0.3 is 0 Å². The lowest BCUT2D eigenvalue weighted by molar-refractivity contribution is 0.0267. The van der Waals surface area contributed by atoms with Crippen LogP contribution in [0.5, 0.6) is 0 Å². The van der Waals surface area contributed by atoms with E-state index in [9.17, 15) is 0 Å². The van der Waals surface area contributed by atoms with Crippen molar-refractivity contribution in [2.24, 2.45) is 11.3 Å². The van der Waals surface area contributed by atoms with Gasteiger partial charge in [-0.05, 0) is 56.5 Å². The van der Waals surface area contributed by atoms with Gasteiger partial charge < -0.3 is 5.32 Å². The molecule has 3 atom stereocenters. The highest BCUT2D eigenvalue weighted by atomic mass is 15.2. The van der Waals surface area contributed by atoms with E-state index in [1.54, 1.807) is 0 Å². The minimum absolute atomic E-state index is 0.454. The third-order valence-electron chi connectivity index (χ3n) is 5.60. The van der Waals surface area contributed by atoms with Crippen molar-refractivity contribution >= 4 is 0 Å². The van der Waals surface area contributed by atoms with Crippen LogP contribution in [-0.4, -0.2) is 37.1 Å². The average molecular weight is 266 g/mol. The summed E-state index contributed by atoms with van der Waals surface area (Å²) in [5, 5.41) is 3.57. The Morgan fingerprint density at radius 3 is 2.58 bits per heavy atom. The monoisotopic (exact) mass is 266 g/mol. The van der Waals surface area contributed by atoms with Crippen LogP contribution in [-0.2, 0) is 0 Å². The summed E-state index contributed by atoms with van der Waals surface area (Å²) in [5.41, 5.74) is 0.454. The van der Waals surface area contributed by atoms with Gasteiger partial charge in [0, 0.05) is 19.1 Å². The first kappa shape index (κ1) is 15.3. The standard InChI is InChI=1S/C17H34N2/c1-4-17(3,13-18-5-2)14-19-12-8-10-15-9-6-7-11-16(15)19/h15-16,18H,4-14H2,1-3H3/t15-,16-,17?/m1/s1. The number of nitrogens with zero attached hydrogens (tertiary/aromatic N) is 1. The number of likely N-dealkylation sites (tertiary alicyclic amines) is 1. The fraction of sp³-hybridized carbons (Fsp3) is 1.00. The van der Waals surface area contributed by atoms with Gasteiger partial charge in [0.2, 0.25) is 0 Å². The van der Waals surface area contributed by atoms with Crippen molar-refractivity contribution in [3.8, 4) is 0 Å². The molecule has 0 amide bonds. The number of fused-ring (bicyclic) bond motifs is 1. The Hall–Kier alpha value is -0.0800. The van der Waals surface area contributed by atoms with Crippen molar-refractivity contribution in [2.75, 3.05) is 26.2 Å². The minimum atomic E-state index is 0.454. The van der Waals surface area contributed by atoms with Crippen molar-refractivity contribution in [2.45, 2.75) is 71.8 Å². The molecule has 2 heteroatoms. The Balaban J connectivity index is 1.95. The fourth-order valence-corrected chi connectivity index (χ4v) is 4.13. The molecule has 1 aliphatic heterocycles. The van der Waals surface area contributed by atoms with Crippen LogP contribution in [0, 0.1) is 11.3 Å². The highest BCUT2D eigenvalue weighted by Gasteiger charge is 2.36. The summed E-state index contributed by atoms with van der Waals surface area (Å²) >= 11 is 0. The molecule has 1 saturated carbocycles. The zero-order chi connectivity index (χ0) is 13.7. The van der Waals surface area contributed by atoms with Crippen molar-refractivity contribution in [3.05, 3.63) is 0 Å². The van der Waals surface area contributed by atoms with E-state index in [0.29, 0.717) is 5.41 Å². The zero-order valence-corrected chi connectivity index (χ0v) is 13.4. The highest BCUT2D eigenvalue weighted by Crippen LogP contribution is 2.37. The predicted octanol–water partition coefficient (Wildman–Crippen LogP) is 3.67. The maximum Gasteiger partial charge on any atom is 0.0124 e. The van der Waals surface area contributed by atoms with Gasteiger partial charge in [-0.2, -0.15) is 0 Å². The largest absolute Gasteiger partial charge is 0.316 e. The second-order valence-corrected chi connectivity index (χ2v) is 7.17. The van der Waals surface area contributed by atoms with E-state index in [0.717, 1.165) is 18.5 Å². The SMILES string of the molecule is CCNCC(C)(CC)CN1CCC[C@H]2CCCC[C@H]21. The molecule has 1 saturated heterocycles. The van der Waals surface area contributed by atoms with Crippen molar-refractivity contribution in [3.63, 3.8) is 0 Å². The topological polar surface area (TPSA) is 15.3 Å². The second kappa shape index (κ2) is 7.08. The molecule has 1 aliphatic carbocycles. The Morgan fingerprint density at radius 1 is 1.11 bits per heavy atom. The van der Waals surface area contributed by atoms with Gasteiger partial charge in [-0.1, -0.05) is 33.6 Å². The molecule has 0 aromatic heterocycles. The maximum atomic E-state index is 3.57. The van der Waals surface area contributed by atoms with E-state index in [1.165, 1.54) is 64.6 Å². The zero-order valence-electron chi connectivity index (χ0n) is 13.4. The quantitative estimate of drug-likeness (QED) is 0.789. The summed E-state index contributed by atoms with van der Waals surface area (Å²) < 4.78 is 0. The van der Waals surface area contributed by atoms with Gasteiger partial charge in [-0.25, -0.2) is 0 Å². The van der Waals surface area contributed by atoms with Crippen molar-refractivity contribution < 1.29 is 0 Å². The summed E-state index contributed by atoms with van der Waals surface area (Å²) in [4.78, 5) is 2.86. The molecule has 2 aliphatic rings. The van der Waals surface area contributed by atoms with E-state index in [4.69, 9.17) is 0 Å². The van der Waals surface area contributed by atoms with Gasteiger partial charge in [0.05, 0.1) is 0 Å². The number of rotatable bonds is 6. The van der Waals surface area contributed by atoms with Gasteiger partial charge in [0.25, 0.3) is 0 Å². The molecule has 0 aromatic rings. The van der Waals surface area contributed by atoms with Gasteiger partial charge in [0.15, 0.2) is 0 Å². The highest BCUT2D eigenvalue weighted by molar-refractivity contribution is 4.90. The molecule has 112 valence electrons. The molecule has 1 N–H and O–H groups in total. The van der Waals surface area contributed by atoms with E-state index in [-0.39, 0.29) is 0 Å². The molecule has 1 unspecified atom stereocenters. The lowest BCUT2D eigenvalue weighted by Gasteiger charge is -2.47. The number of hydrogen-bond acceptors (Lipinski definition) is 2. The van der Waals surface area contributed by atoms with Crippen molar-refractivity contribution in [1.29, 1.82) is 0 Å². The Bertz CT molecular complexity index is 264. The molecule has 19 heavy (non-hydrogen) atoms. The Labute approximate surface area is 120 Å². The normalized spacial score (nSPS) is 31.7. The molecular weight excluding hydrogens is 232 g/mol. The summed E-state index contributed by atoms with van der Waals surface area (Å²) in [6.45, 7) is 12.0. The van der Waals surface area contributed by atoms with Crippen LogP contribution in [0.1, 0.15) is 65.7 Å². The fourth-order valence-electron chi connectivity index (χ4n) is 4.13. The molecule has 2 fully saturated rings. The van der Waals surface area contributed by atoms with E-state index >= 15 is 0 Å². The molecule has 1 heterocycles. The summed E-state index contributed by atoms with van der Waals surface area (Å²) in [7, 11) is 0. The number of hydrogen-bond donors (Lipinski definition) is 1. The molecular formula is C17H34N2. The first-order valence-electron chi connectivity index (χ1n) is 8.63. The molecule has 0 spiro atoms. The molecule has 0 bridgehead atoms. The van der Waals surface area contributed by atoms with Gasteiger partial charge in [-0.3, -0.25) is 4.90 Å².